The van der Waals surface area contributed by atoms with Gasteiger partial charge in [-0.2, -0.15) is 4.99 Å². The fourth-order valence-electron chi connectivity index (χ4n) is 1.70. The summed E-state index contributed by atoms with van der Waals surface area (Å²) in [5.74, 6) is -0.260. The van der Waals surface area contributed by atoms with Crippen molar-refractivity contribution in [2.75, 3.05) is 5.32 Å². The quantitative estimate of drug-likeness (QED) is 0.494. The number of rotatable bonds is 4. The smallest absolute Gasteiger partial charge is 0.225 e. The molecule has 0 aliphatic heterocycles. The van der Waals surface area contributed by atoms with Crippen LogP contribution in [0.1, 0.15) is 13.3 Å². The number of benzene rings is 1. The molecule has 1 heterocycles. The Morgan fingerprint density at radius 3 is 2.83 bits per heavy atom. The van der Waals surface area contributed by atoms with Gasteiger partial charge in [-0.1, -0.05) is 19.1 Å². The highest BCUT2D eigenvalue weighted by Crippen LogP contribution is 2.27. The highest BCUT2D eigenvalue weighted by molar-refractivity contribution is 7.14. The maximum atomic E-state index is 11.4. The van der Waals surface area contributed by atoms with Gasteiger partial charge < -0.3 is 22.5 Å². The van der Waals surface area contributed by atoms with Gasteiger partial charge in [-0.25, -0.2) is 9.98 Å². The molecular formula is C14H17N7OS. The molecule has 0 radical (unpaired) electrons. The van der Waals surface area contributed by atoms with E-state index in [2.05, 4.69) is 20.3 Å². The molecule has 1 aromatic heterocycles. The number of hydrogen-bond donors (Lipinski definition) is 4. The molecule has 9 heteroatoms. The first-order valence-corrected chi connectivity index (χ1v) is 7.65. The molecule has 23 heavy (non-hydrogen) atoms. The number of hydrogen-bond acceptors (Lipinski definition) is 4. The van der Waals surface area contributed by atoms with Crippen LogP contribution >= 0.6 is 11.3 Å². The minimum Gasteiger partial charge on any atom is -0.370 e. The largest absolute Gasteiger partial charge is 0.370 e. The van der Waals surface area contributed by atoms with Crippen molar-refractivity contribution < 1.29 is 4.79 Å². The third kappa shape index (κ3) is 4.78. The first kappa shape index (κ1) is 16.4. The molecule has 2 aromatic rings. The lowest BCUT2D eigenvalue weighted by molar-refractivity contribution is -0.115. The summed E-state index contributed by atoms with van der Waals surface area (Å²) in [5, 5.41) is 5.14. The maximum Gasteiger partial charge on any atom is 0.225 e. The van der Waals surface area contributed by atoms with Crippen LogP contribution in [0.25, 0.3) is 11.3 Å². The number of amides is 1. The summed E-state index contributed by atoms with van der Waals surface area (Å²) in [6, 6.07) is 7.27. The number of guanidine groups is 2. The van der Waals surface area contributed by atoms with E-state index in [1.54, 1.807) is 19.1 Å². The fraction of sp³-hybridized carbons (Fsp3) is 0.143. The van der Waals surface area contributed by atoms with E-state index < -0.39 is 0 Å². The summed E-state index contributed by atoms with van der Waals surface area (Å²) >= 11 is 1.36. The lowest BCUT2D eigenvalue weighted by atomic mass is 10.1. The van der Waals surface area contributed by atoms with Crippen LogP contribution in [0.3, 0.4) is 0 Å². The van der Waals surface area contributed by atoms with Crippen LogP contribution in [0, 0.1) is 0 Å². The molecule has 0 fully saturated rings. The van der Waals surface area contributed by atoms with Crippen LogP contribution < -0.4 is 22.5 Å². The van der Waals surface area contributed by atoms with Crippen LogP contribution in [0.5, 0.6) is 0 Å². The molecule has 8 nitrogen and oxygen atoms in total. The van der Waals surface area contributed by atoms with Crippen LogP contribution in [0.4, 0.5) is 10.8 Å². The lowest BCUT2D eigenvalue weighted by Gasteiger charge is -2.00. The number of thiazole rings is 1. The molecule has 0 aliphatic carbocycles. The summed E-state index contributed by atoms with van der Waals surface area (Å²) in [6.07, 6.45) is 0.406. The third-order valence-electron chi connectivity index (χ3n) is 2.70. The van der Waals surface area contributed by atoms with Gasteiger partial charge in [-0.15, -0.1) is 11.3 Å². The van der Waals surface area contributed by atoms with Crippen molar-refractivity contribution in [3.63, 3.8) is 0 Å². The normalized spacial score (nSPS) is 11.1. The molecular weight excluding hydrogens is 314 g/mol. The SMILES string of the molecule is CCC(=O)Nc1nc(-c2cccc(N=C(N)N=C(N)N)c2)cs1. The van der Waals surface area contributed by atoms with E-state index in [9.17, 15) is 4.79 Å². The molecule has 0 bridgehead atoms. The Balaban J connectivity index is 2.23. The van der Waals surface area contributed by atoms with E-state index >= 15 is 0 Å². The second-order valence-corrected chi connectivity index (χ2v) is 5.35. The molecule has 2 rings (SSSR count). The predicted octanol–water partition coefficient (Wildman–Crippen LogP) is 1.38. The molecule has 0 saturated heterocycles. The number of aliphatic imine (C=N–C) groups is 2. The summed E-state index contributed by atoms with van der Waals surface area (Å²) in [4.78, 5) is 23.5. The summed E-state index contributed by atoms with van der Waals surface area (Å²) in [5.41, 5.74) is 18.3. The minimum absolute atomic E-state index is 0.0312. The summed E-state index contributed by atoms with van der Waals surface area (Å²) < 4.78 is 0. The van der Waals surface area contributed by atoms with Gasteiger partial charge in [0.25, 0.3) is 0 Å². The zero-order valence-electron chi connectivity index (χ0n) is 12.5. The highest BCUT2D eigenvalue weighted by Gasteiger charge is 2.07. The van der Waals surface area contributed by atoms with Gasteiger partial charge in [0.2, 0.25) is 11.9 Å². The molecule has 1 amide bonds. The monoisotopic (exact) mass is 331 g/mol. The number of carbonyl (C=O) groups excluding carboxylic acids is 1. The molecule has 0 aliphatic rings. The topological polar surface area (TPSA) is 145 Å². The van der Waals surface area contributed by atoms with Crippen LogP contribution in [0.2, 0.25) is 0 Å². The van der Waals surface area contributed by atoms with E-state index in [0.717, 1.165) is 11.3 Å². The van der Waals surface area contributed by atoms with Crippen molar-refractivity contribution in [1.82, 2.24) is 4.98 Å². The Bertz CT molecular complexity index is 762. The van der Waals surface area contributed by atoms with Gasteiger partial charge in [0.1, 0.15) is 0 Å². The third-order valence-corrected chi connectivity index (χ3v) is 3.46. The minimum atomic E-state index is -0.154. The number of nitrogens with one attached hydrogen (secondary N) is 1. The average molecular weight is 331 g/mol. The van der Waals surface area contributed by atoms with E-state index in [4.69, 9.17) is 17.2 Å². The average Bonchev–Trinajstić information content (AvgIpc) is 2.95. The van der Waals surface area contributed by atoms with Gasteiger partial charge in [0.05, 0.1) is 11.4 Å². The highest BCUT2D eigenvalue weighted by atomic mass is 32.1. The van der Waals surface area contributed by atoms with Gasteiger partial charge >= 0.3 is 0 Å². The van der Waals surface area contributed by atoms with Crippen molar-refractivity contribution in [2.24, 2.45) is 27.2 Å². The van der Waals surface area contributed by atoms with Crippen molar-refractivity contribution >= 4 is 40.0 Å². The Hall–Kier alpha value is -2.94. The second-order valence-electron chi connectivity index (χ2n) is 4.50. The Labute approximate surface area is 137 Å². The van der Waals surface area contributed by atoms with Crippen LogP contribution in [-0.2, 0) is 4.79 Å². The molecule has 0 atom stereocenters. The van der Waals surface area contributed by atoms with Crippen molar-refractivity contribution in [3.05, 3.63) is 29.6 Å². The molecule has 0 saturated carbocycles. The zero-order chi connectivity index (χ0) is 16.8. The number of carbonyl (C=O) groups is 1. The molecule has 7 N–H and O–H groups in total. The molecule has 120 valence electrons. The van der Waals surface area contributed by atoms with Gasteiger partial charge in [-0.05, 0) is 12.1 Å². The molecule has 0 unspecified atom stereocenters. The van der Waals surface area contributed by atoms with Crippen molar-refractivity contribution in [1.29, 1.82) is 0 Å². The van der Waals surface area contributed by atoms with Gasteiger partial charge in [-0.3, -0.25) is 4.79 Å². The molecule has 0 spiro atoms. The van der Waals surface area contributed by atoms with Gasteiger partial charge in [0, 0.05) is 17.4 Å². The fourth-order valence-corrected chi connectivity index (χ4v) is 2.43. The van der Waals surface area contributed by atoms with E-state index in [0.29, 0.717) is 17.2 Å². The number of anilines is 1. The maximum absolute atomic E-state index is 11.4. The van der Waals surface area contributed by atoms with Crippen molar-refractivity contribution in [2.45, 2.75) is 13.3 Å². The predicted molar refractivity (Wildman–Crippen MR) is 93.6 cm³/mol. The van der Waals surface area contributed by atoms with Crippen LogP contribution in [-0.4, -0.2) is 22.8 Å². The zero-order valence-corrected chi connectivity index (χ0v) is 13.3. The first-order chi connectivity index (χ1) is 11.0. The number of nitrogens with zero attached hydrogens (tertiary/aromatic N) is 3. The van der Waals surface area contributed by atoms with Crippen molar-refractivity contribution in [3.8, 4) is 11.3 Å². The molecule has 1 aromatic carbocycles. The summed E-state index contributed by atoms with van der Waals surface area (Å²) in [7, 11) is 0. The number of nitrogens with two attached hydrogens (primary N) is 3. The summed E-state index contributed by atoms with van der Waals surface area (Å²) in [6.45, 7) is 1.78. The Morgan fingerprint density at radius 2 is 2.13 bits per heavy atom. The Morgan fingerprint density at radius 1 is 1.35 bits per heavy atom. The second kappa shape index (κ2) is 7.36. The lowest BCUT2D eigenvalue weighted by Crippen LogP contribution is -2.26. The van der Waals surface area contributed by atoms with Gasteiger partial charge in [0.15, 0.2) is 11.1 Å². The van der Waals surface area contributed by atoms with Crippen LogP contribution in [0.15, 0.2) is 39.6 Å². The standard InChI is InChI=1S/C14H17N7OS/c1-2-11(22)20-14-19-10(7-23-14)8-4-3-5-9(6-8)18-13(17)21-12(15)16/h3-7H,2H2,1H3,(H,19,20,22)(H6,15,16,17,18,21). The Kier molecular flexibility index (Phi) is 5.26. The van der Waals surface area contributed by atoms with E-state index in [1.165, 1.54) is 11.3 Å². The van der Waals surface area contributed by atoms with E-state index in [1.807, 2.05) is 17.5 Å². The number of aromatic nitrogens is 1. The van der Waals surface area contributed by atoms with E-state index in [-0.39, 0.29) is 17.8 Å². The first-order valence-electron chi connectivity index (χ1n) is 6.77.